The van der Waals surface area contributed by atoms with Gasteiger partial charge in [0, 0.05) is 32.0 Å². The summed E-state index contributed by atoms with van der Waals surface area (Å²) in [6.07, 6.45) is 2.95. The Morgan fingerprint density at radius 3 is 3.00 bits per heavy atom. The van der Waals surface area contributed by atoms with E-state index in [1.807, 2.05) is 6.07 Å². The van der Waals surface area contributed by atoms with Crippen LogP contribution >= 0.6 is 0 Å². The number of aromatic nitrogens is 1. The van der Waals surface area contributed by atoms with Crippen LogP contribution in [0, 0.1) is 0 Å². The minimum absolute atomic E-state index is 0.693. The minimum atomic E-state index is 0.693. The Morgan fingerprint density at radius 1 is 1.38 bits per heavy atom. The van der Waals surface area contributed by atoms with E-state index in [0.29, 0.717) is 6.61 Å². The van der Waals surface area contributed by atoms with Gasteiger partial charge in [-0.2, -0.15) is 0 Å². The van der Waals surface area contributed by atoms with Gasteiger partial charge in [-0.25, -0.2) is 4.98 Å². The van der Waals surface area contributed by atoms with Gasteiger partial charge in [-0.15, -0.1) is 0 Å². The number of hydrogen-bond donors (Lipinski definition) is 2. The highest BCUT2D eigenvalue weighted by atomic mass is 16.5. The normalized spacial score (nSPS) is 10.4. The Morgan fingerprint density at radius 2 is 2.25 bits per heavy atom. The minimum Gasteiger partial charge on any atom is -0.383 e. The zero-order valence-electron chi connectivity index (χ0n) is 10.1. The summed E-state index contributed by atoms with van der Waals surface area (Å²) in [4.78, 5) is 4.32. The van der Waals surface area contributed by atoms with E-state index in [1.54, 1.807) is 13.3 Å². The highest BCUT2D eigenvalue weighted by Crippen LogP contribution is 2.10. The van der Waals surface area contributed by atoms with E-state index in [4.69, 9.17) is 4.74 Å². The molecule has 0 bridgehead atoms. The maximum absolute atomic E-state index is 5.00. The summed E-state index contributed by atoms with van der Waals surface area (Å²) in [5.74, 6) is 0.947. The zero-order valence-corrected chi connectivity index (χ0v) is 10.1. The number of ether oxygens (including phenoxy) is 1. The third-order valence-corrected chi connectivity index (χ3v) is 2.23. The first-order chi connectivity index (χ1) is 7.88. The number of methoxy groups -OCH3 is 1. The first-order valence-electron chi connectivity index (χ1n) is 5.76. The van der Waals surface area contributed by atoms with Gasteiger partial charge in [-0.05, 0) is 19.0 Å². The molecule has 0 fully saturated rings. The molecule has 0 spiro atoms. The molecule has 1 aromatic rings. The van der Waals surface area contributed by atoms with Gasteiger partial charge in [0.2, 0.25) is 0 Å². The molecule has 4 nitrogen and oxygen atoms in total. The fourth-order valence-corrected chi connectivity index (χ4v) is 1.41. The molecule has 2 N–H and O–H groups in total. The Balaban J connectivity index is 2.46. The molecule has 1 rings (SSSR count). The molecule has 0 aliphatic carbocycles. The first kappa shape index (κ1) is 12.9. The topological polar surface area (TPSA) is 46.2 Å². The van der Waals surface area contributed by atoms with Crippen molar-refractivity contribution < 1.29 is 4.74 Å². The Hall–Kier alpha value is -1.13. The van der Waals surface area contributed by atoms with Crippen molar-refractivity contribution in [1.29, 1.82) is 0 Å². The first-order valence-corrected chi connectivity index (χ1v) is 5.76. The van der Waals surface area contributed by atoms with Gasteiger partial charge in [0.05, 0.1) is 6.61 Å². The van der Waals surface area contributed by atoms with E-state index in [-0.39, 0.29) is 0 Å². The molecule has 4 heteroatoms. The molecule has 0 amide bonds. The number of nitrogens with zero attached hydrogens (tertiary/aromatic N) is 1. The van der Waals surface area contributed by atoms with Crippen LogP contribution in [0.4, 0.5) is 5.82 Å². The predicted molar refractivity (Wildman–Crippen MR) is 66.6 cm³/mol. The van der Waals surface area contributed by atoms with Gasteiger partial charge >= 0.3 is 0 Å². The average Bonchev–Trinajstić information content (AvgIpc) is 2.32. The lowest BCUT2D eigenvalue weighted by molar-refractivity contribution is 0.210. The van der Waals surface area contributed by atoms with E-state index in [0.717, 1.165) is 31.9 Å². The molecule has 90 valence electrons. The number of pyridine rings is 1. The largest absolute Gasteiger partial charge is 0.383 e. The van der Waals surface area contributed by atoms with Crippen LogP contribution in [0.3, 0.4) is 0 Å². The van der Waals surface area contributed by atoms with Gasteiger partial charge in [0.25, 0.3) is 0 Å². The zero-order chi connectivity index (χ0) is 11.6. The van der Waals surface area contributed by atoms with E-state index >= 15 is 0 Å². The molecule has 0 saturated carbocycles. The molecule has 0 aromatic carbocycles. The molecule has 16 heavy (non-hydrogen) atoms. The Bertz CT molecular complexity index is 262. The molecule has 0 radical (unpaired) electrons. The molecular weight excluding hydrogens is 202 g/mol. The van der Waals surface area contributed by atoms with E-state index in [9.17, 15) is 0 Å². The van der Waals surface area contributed by atoms with Crippen molar-refractivity contribution in [3.05, 3.63) is 23.9 Å². The summed E-state index contributed by atoms with van der Waals surface area (Å²) in [6, 6.07) is 4.05. The molecule has 1 aromatic heterocycles. The van der Waals surface area contributed by atoms with Crippen molar-refractivity contribution in [3.8, 4) is 0 Å². The molecule has 0 unspecified atom stereocenters. The van der Waals surface area contributed by atoms with E-state index < -0.39 is 0 Å². The quantitative estimate of drug-likeness (QED) is 0.658. The molecule has 0 saturated heterocycles. The van der Waals surface area contributed by atoms with Crippen LogP contribution in [-0.4, -0.2) is 31.8 Å². The van der Waals surface area contributed by atoms with Crippen LogP contribution in [0.25, 0.3) is 0 Å². The lowest BCUT2D eigenvalue weighted by Gasteiger charge is -2.10. The van der Waals surface area contributed by atoms with Crippen LogP contribution in [0.15, 0.2) is 18.3 Å². The number of nitrogens with one attached hydrogen (secondary N) is 2. The molecule has 0 aliphatic heterocycles. The van der Waals surface area contributed by atoms with E-state index in [1.165, 1.54) is 5.56 Å². The summed E-state index contributed by atoms with van der Waals surface area (Å²) < 4.78 is 5.00. The molecule has 0 aliphatic rings. The monoisotopic (exact) mass is 223 g/mol. The summed E-state index contributed by atoms with van der Waals surface area (Å²) in [7, 11) is 1.70. The fraction of sp³-hybridized carbons (Fsp3) is 0.583. The summed E-state index contributed by atoms with van der Waals surface area (Å²) in [6.45, 7) is 5.53. The van der Waals surface area contributed by atoms with Gasteiger partial charge in [-0.3, -0.25) is 0 Å². The van der Waals surface area contributed by atoms with Crippen molar-refractivity contribution >= 4 is 5.82 Å². The third-order valence-electron chi connectivity index (χ3n) is 2.23. The Kier molecular flexibility index (Phi) is 6.53. The standard InChI is InChI=1S/C12H21N3O/c1-3-6-13-10-11-5-4-7-14-12(11)15-8-9-16-2/h4-5,7,13H,3,6,8-10H2,1-2H3,(H,14,15). The van der Waals surface area contributed by atoms with Gasteiger partial charge in [0.15, 0.2) is 0 Å². The van der Waals surface area contributed by atoms with Crippen LogP contribution in [0.5, 0.6) is 0 Å². The fourth-order valence-electron chi connectivity index (χ4n) is 1.41. The maximum Gasteiger partial charge on any atom is 0.130 e. The summed E-state index contributed by atoms with van der Waals surface area (Å²) in [5.41, 5.74) is 1.20. The van der Waals surface area contributed by atoms with Crippen LogP contribution in [0.2, 0.25) is 0 Å². The van der Waals surface area contributed by atoms with Crippen molar-refractivity contribution in [2.24, 2.45) is 0 Å². The lowest BCUT2D eigenvalue weighted by Crippen LogP contribution is -2.17. The highest BCUT2D eigenvalue weighted by Gasteiger charge is 2.01. The number of rotatable bonds is 8. The Labute approximate surface area is 97.4 Å². The SMILES string of the molecule is CCCNCc1cccnc1NCCOC. The van der Waals surface area contributed by atoms with Crippen LogP contribution in [0.1, 0.15) is 18.9 Å². The van der Waals surface area contributed by atoms with Gasteiger partial charge in [-0.1, -0.05) is 13.0 Å². The second-order valence-corrected chi connectivity index (χ2v) is 3.61. The molecular formula is C12H21N3O. The molecule has 0 atom stereocenters. The van der Waals surface area contributed by atoms with Crippen molar-refractivity contribution in [3.63, 3.8) is 0 Å². The van der Waals surface area contributed by atoms with Crippen LogP contribution in [-0.2, 0) is 11.3 Å². The number of anilines is 1. The average molecular weight is 223 g/mol. The predicted octanol–water partition coefficient (Wildman–Crippen LogP) is 1.64. The van der Waals surface area contributed by atoms with Crippen molar-refractivity contribution in [1.82, 2.24) is 10.3 Å². The van der Waals surface area contributed by atoms with Crippen molar-refractivity contribution in [2.45, 2.75) is 19.9 Å². The lowest BCUT2D eigenvalue weighted by atomic mass is 10.2. The smallest absolute Gasteiger partial charge is 0.130 e. The highest BCUT2D eigenvalue weighted by molar-refractivity contribution is 5.43. The second kappa shape index (κ2) is 8.07. The third kappa shape index (κ3) is 4.59. The van der Waals surface area contributed by atoms with Crippen LogP contribution < -0.4 is 10.6 Å². The maximum atomic E-state index is 5.00. The summed E-state index contributed by atoms with van der Waals surface area (Å²) >= 11 is 0. The van der Waals surface area contributed by atoms with Gasteiger partial charge in [0.1, 0.15) is 5.82 Å². The number of hydrogen-bond acceptors (Lipinski definition) is 4. The molecule has 1 heterocycles. The van der Waals surface area contributed by atoms with Gasteiger partial charge < -0.3 is 15.4 Å². The van der Waals surface area contributed by atoms with E-state index in [2.05, 4.69) is 28.6 Å². The van der Waals surface area contributed by atoms with Crippen molar-refractivity contribution in [2.75, 3.05) is 32.1 Å². The summed E-state index contributed by atoms with van der Waals surface area (Å²) in [5, 5.41) is 6.64. The second-order valence-electron chi connectivity index (χ2n) is 3.61.